The highest BCUT2D eigenvalue weighted by Gasteiger charge is 2.31. The van der Waals surface area contributed by atoms with Gasteiger partial charge in [0.2, 0.25) is 0 Å². The van der Waals surface area contributed by atoms with Crippen molar-refractivity contribution in [2.24, 2.45) is 5.92 Å². The summed E-state index contributed by atoms with van der Waals surface area (Å²) in [6.07, 6.45) is -4.52. The van der Waals surface area contributed by atoms with Gasteiger partial charge in [-0.25, -0.2) is 0 Å². The predicted molar refractivity (Wildman–Crippen MR) is 88.3 cm³/mol. The van der Waals surface area contributed by atoms with E-state index in [4.69, 9.17) is 5.11 Å². The zero-order chi connectivity index (χ0) is 18.8. The largest absolute Gasteiger partial charge is 0.507 e. The molecule has 2 aromatic rings. The Labute approximate surface area is 143 Å². The monoisotopic (exact) mass is 355 g/mol. The van der Waals surface area contributed by atoms with Crippen LogP contribution in [0.15, 0.2) is 18.2 Å². The van der Waals surface area contributed by atoms with Gasteiger partial charge in [-0.15, -0.1) is 10.2 Å². The van der Waals surface area contributed by atoms with Crippen molar-refractivity contribution >= 4 is 5.82 Å². The molecule has 136 valence electrons. The van der Waals surface area contributed by atoms with Crippen molar-refractivity contribution in [3.63, 3.8) is 0 Å². The van der Waals surface area contributed by atoms with E-state index in [9.17, 15) is 18.3 Å². The number of hydrogen-bond donors (Lipinski definition) is 3. The van der Waals surface area contributed by atoms with Crippen molar-refractivity contribution < 1.29 is 23.4 Å². The number of anilines is 1. The van der Waals surface area contributed by atoms with Crippen molar-refractivity contribution in [2.45, 2.75) is 26.9 Å². The minimum absolute atomic E-state index is 0.0377. The first-order chi connectivity index (χ1) is 11.6. The molecular formula is C17H20F3N3O2. The van der Waals surface area contributed by atoms with Gasteiger partial charge in [0.05, 0.1) is 11.3 Å². The fourth-order valence-corrected chi connectivity index (χ4v) is 2.27. The first-order valence-corrected chi connectivity index (χ1v) is 7.74. The number of phenolic OH excluding ortho intramolecular Hbond substituents is 1. The Kier molecular flexibility index (Phi) is 5.52. The maximum Gasteiger partial charge on any atom is 0.416 e. The molecule has 0 radical (unpaired) electrons. The van der Waals surface area contributed by atoms with E-state index < -0.39 is 17.5 Å². The van der Waals surface area contributed by atoms with Crippen LogP contribution in [0.25, 0.3) is 11.3 Å². The standard InChI is InChI=1S/C17H20F3N3O2/c1-9(8-24)7-21-16-11(3)10(2)15(22-23-16)13-5-4-12(6-14(13)25)17(18,19)20/h4-6,9,24-25H,7-8H2,1-3H3,(H,21,23)/t9-/m0/s1. The summed E-state index contributed by atoms with van der Waals surface area (Å²) in [4.78, 5) is 0. The molecule has 2 rings (SSSR count). The van der Waals surface area contributed by atoms with E-state index in [1.807, 2.05) is 6.92 Å². The number of phenols is 1. The van der Waals surface area contributed by atoms with Gasteiger partial charge in [0.25, 0.3) is 0 Å². The molecule has 0 spiro atoms. The number of aromatic nitrogens is 2. The van der Waals surface area contributed by atoms with Crippen LogP contribution in [0, 0.1) is 19.8 Å². The Morgan fingerprint density at radius 1 is 1.16 bits per heavy atom. The van der Waals surface area contributed by atoms with Crippen LogP contribution in [-0.4, -0.2) is 33.6 Å². The lowest BCUT2D eigenvalue weighted by Gasteiger charge is -2.16. The van der Waals surface area contributed by atoms with E-state index in [-0.39, 0.29) is 18.1 Å². The maximum atomic E-state index is 12.7. The first-order valence-electron chi connectivity index (χ1n) is 7.74. The fourth-order valence-electron chi connectivity index (χ4n) is 2.27. The lowest BCUT2D eigenvalue weighted by molar-refractivity contribution is -0.137. The molecule has 25 heavy (non-hydrogen) atoms. The molecule has 8 heteroatoms. The van der Waals surface area contributed by atoms with Gasteiger partial charge >= 0.3 is 6.18 Å². The van der Waals surface area contributed by atoms with Crippen LogP contribution >= 0.6 is 0 Å². The number of halogens is 3. The second kappa shape index (κ2) is 7.26. The summed E-state index contributed by atoms with van der Waals surface area (Å²) < 4.78 is 38.1. The SMILES string of the molecule is Cc1c(NC[C@H](C)CO)nnc(-c2ccc(C(F)(F)F)cc2O)c1C. The van der Waals surface area contributed by atoms with Crippen LogP contribution in [0.4, 0.5) is 19.0 Å². The third-order valence-corrected chi connectivity index (χ3v) is 4.03. The number of benzene rings is 1. The van der Waals surface area contributed by atoms with Crippen molar-refractivity contribution in [3.05, 3.63) is 34.9 Å². The van der Waals surface area contributed by atoms with Gasteiger partial charge in [-0.1, -0.05) is 6.92 Å². The lowest BCUT2D eigenvalue weighted by Crippen LogP contribution is -2.16. The average molecular weight is 355 g/mol. The summed E-state index contributed by atoms with van der Waals surface area (Å²) in [5, 5.41) is 30.2. The highest BCUT2D eigenvalue weighted by atomic mass is 19.4. The summed E-state index contributed by atoms with van der Waals surface area (Å²) >= 11 is 0. The fraction of sp³-hybridized carbons (Fsp3) is 0.412. The molecule has 1 heterocycles. The minimum Gasteiger partial charge on any atom is -0.507 e. The molecule has 0 fully saturated rings. The van der Waals surface area contributed by atoms with Crippen LogP contribution in [0.3, 0.4) is 0 Å². The second-order valence-corrected chi connectivity index (χ2v) is 6.05. The van der Waals surface area contributed by atoms with Crippen LogP contribution in [0.2, 0.25) is 0 Å². The van der Waals surface area contributed by atoms with Crippen LogP contribution < -0.4 is 5.32 Å². The van der Waals surface area contributed by atoms with Gasteiger partial charge in [0.1, 0.15) is 5.75 Å². The maximum absolute atomic E-state index is 12.7. The van der Waals surface area contributed by atoms with Gasteiger partial charge < -0.3 is 15.5 Å². The van der Waals surface area contributed by atoms with Gasteiger partial charge in [-0.2, -0.15) is 13.2 Å². The molecule has 0 aliphatic carbocycles. The van der Waals surface area contributed by atoms with Crippen LogP contribution in [0.5, 0.6) is 5.75 Å². The quantitative estimate of drug-likeness (QED) is 0.765. The highest BCUT2D eigenvalue weighted by molar-refractivity contribution is 5.72. The van der Waals surface area contributed by atoms with Crippen molar-refractivity contribution in [3.8, 4) is 17.0 Å². The molecule has 0 amide bonds. The molecule has 0 aliphatic rings. The average Bonchev–Trinajstić information content (AvgIpc) is 2.55. The number of aromatic hydroxyl groups is 1. The smallest absolute Gasteiger partial charge is 0.416 e. The molecule has 1 aromatic carbocycles. The van der Waals surface area contributed by atoms with E-state index in [1.54, 1.807) is 13.8 Å². The van der Waals surface area contributed by atoms with Gasteiger partial charge in [-0.05, 0) is 49.1 Å². The summed E-state index contributed by atoms with van der Waals surface area (Å²) in [6.45, 7) is 5.99. The minimum atomic E-state index is -4.52. The normalized spacial score (nSPS) is 12.9. The molecule has 0 saturated heterocycles. The number of rotatable bonds is 5. The molecule has 0 bridgehead atoms. The summed E-state index contributed by atoms with van der Waals surface area (Å²) in [7, 11) is 0. The Morgan fingerprint density at radius 3 is 2.40 bits per heavy atom. The molecule has 3 N–H and O–H groups in total. The number of aliphatic hydroxyl groups is 1. The molecule has 1 aromatic heterocycles. The number of hydrogen-bond acceptors (Lipinski definition) is 5. The van der Waals surface area contributed by atoms with Crippen molar-refractivity contribution in [1.82, 2.24) is 10.2 Å². The van der Waals surface area contributed by atoms with E-state index in [0.29, 0.717) is 29.7 Å². The topological polar surface area (TPSA) is 78.3 Å². The number of nitrogens with zero attached hydrogens (tertiary/aromatic N) is 2. The number of alkyl halides is 3. The van der Waals surface area contributed by atoms with Gasteiger partial charge in [-0.3, -0.25) is 0 Å². The van der Waals surface area contributed by atoms with Crippen LogP contribution in [0.1, 0.15) is 23.6 Å². The molecule has 0 aliphatic heterocycles. The summed E-state index contributed by atoms with van der Waals surface area (Å²) in [5.74, 6) is 0.0781. The third-order valence-electron chi connectivity index (χ3n) is 4.03. The highest BCUT2D eigenvalue weighted by Crippen LogP contribution is 2.37. The van der Waals surface area contributed by atoms with E-state index in [1.165, 1.54) is 6.07 Å². The first kappa shape index (κ1) is 19.0. The second-order valence-electron chi connectivity index (χ2n) is 6.05. The zero-order valence-corrected chi connectivity index (χ0v) is 14.1. The Morgan fingerprint density at radius 2 is 1.84 bits per heavy atom. The van der Waals surface area contributed by atoms with Crippen molar-refractivity contribution in [1.29, 1.82) is 0 Å². The van der Waals surface area contributed by atoms with E-state index in [2.05, 4.69) is 15.5 Å². The van der Waals surface area contributed by atoms with Gasteiger partial charge in [0, 0.05) is 18.7 Å². The Bertz CT molecular complexity index is 764. The van der Waals surface area contributed by atoms with Crippen molar-refractivity contribution in [2.75, 3.05) is 18.5 Å². The number of nitrogens with one attached hydrogen (secondary N) is 1. The van der Waals surface area contributed by atoms with Gasteiger partial charge in [0.15, 0.2) is 5.82 Å². The predicted octanol–water partition coefficient (Wildman–Crippen LogP) is 3.53. The molecule has 5 nitrogen and oxygen atoms in total. The zero-order valence-electron chi connectivity index (χ0n) is 14.1. The Balaban J connectivity index is 2.36. The van der Waals surface area contributed by atoms with E-state index in [0.717, 1.165) is 11.6 Å². The van der Waals surface area contributed by atoms with Crippen LogP contribution in [-0.2, 0) is 6.18 Å². The van der Waals surface area contributed by atoms with E-state index >= 15 is 0 Å². The summed E-state index contributed by atoms with van der Waals surface area (Å²) in [6, 6.07) is 2.77. The number of aliphatic hydroxyl groups excluding tert-OH is 1. The summed E-state index contributed by atoms with van der Waals surface area (Å²) in [5.41, 5.74) is 1.06. The third kappa shape index (κ3) is 4.19. The molecule has 0 saturated carbocycles. The Hall–Kier alpha value is -2.35. The molecule has 0 unspecified atom stereocenters. The lowest BCUT2D eigenvalue weighted by atomic mass is 10.0. The molecule has 1 atom stereocenters. The molecular weight excluding hydrogens is 335 g/mol.